The smallest absolute Gasteiger partial charge is 0.237 e. The molecule has 0 amide bonds. The normalized spacial score (nSPS) is 24.4. The maximum absolute atomic E-state index is 9.85. The van der Waals surface area contributed by atoms with E-state index in [0.29, 0.717) is 39.9 Å². The Balaban J connectivity index is 1.36. The van der Waals surface area contributed by atoms with Crippen LogP contribution in [-0.4, -0.2) is 71.9 Å². The summed E-state index contributed by atoms with van der Waals surface area (Å²) in [6.45, 7) is 8.95. The standard InChI is InChI=1S/C28H36N8O2S/c1-17(21-6-5-11-35(21)3)37-23-15-18(36-12-9-31-10-13-36)14-20(32-23)26-33-27(38-34-26)28(2)8-4-7-22-24(28)19(16-29)25(30)39-22/h14-15,17,21,31H,4-13,30H2,1-3H3/t17-,21-,28-/m0/s1. The van der Waals surface area contributed by atoms with Crippen LogP contribution in [0.1, 0.15) is 61.4 Å². The minimum absolute atomic E-state index is 0.00461. The molecule has 0 unspecified atom stereocenters. The van der Waals surface area contributed by atoms with Gasteiger partial charge in [-0.25, -0.2) is 4.98 Å². The molecule has 0 aromatic carbocycles. The molecule has 3 atom stereocenters. The van der Waals surface area contributed by atoms with Crippen LogP contribution in [0.15, 0.2) is 16.7 Å². The van der Waals surface area contributed by atoms with Gasteiger partial charge in [-0.1, -0.05) is 5.16 Å². The Morgan fingerprint density at radius 2 is 2.08 bits per heavy atom. The molecule has 6 rings (SSSR count). The van der Waals surface area contributed by atoms with Gasteiger partial charge in [-0.05, 0) is 65.6 Å². The summed E-state index contributed by atoms with van der Waals surface area (Å²) in [7, 11) is 2.16. The Morgan fingerprint density at radius 1 is 1.26 bits per heavy atom. The molecular weight excluding hydrogens is 512 g/mol. The van der Waals surface area contributed by atoms with E-state index in [9.17, 15) is 5.26 Å². The average Bonchev–Trinajstić information content (AvgIpc) is 3.68. The number of fused-ring (bicyclic) bond motifs is 1. The molecule has 3 aliphatic rings. The first-order valence-corrected chi connectivity index (χ1v) is 14.7. The van der Waals surface area contributed by atoms with Crippen molar-refractivity contribution < 1.29 is 9.26 Å². The van der Waals surface area contributed by atoms with Crippen LogP contribution in [0.25, 0.3) is 11.5 Å². The summed E-state index contributed by atoms with van der Waals surface area (Å²) < 4.78 is 12.4. The molecule has 0 spiro atoms. The fourth-order valence-electron chi connectivity index (χ4n) is 6.43. The number of nitrogens with zero attached hydrogens (tertiary/aromatic N) is 6. The van der Waals surface area contributed by atoms with Gasteiger partial charge in [-0.2, -0.15) is 10.2 Å². The van der Waals surface area contributed by atoms with Gasteiger partial charge in [0.25, 0.3) is 0 Å². The molecule has 39 heavy (non-hydrogen) atoms. The number of hydrogen-bond acceptors (Lipinski definition) is 11. The van der Waals surface area contributed by atoms with Crippen LogP contribution in [0.5, 0.6) is 5.88 Å². The van der Waals surface area contributed by atoms with Gasteiger partial charge in [0.15, 0.2) is 0 Å². The minimum Gasteiger partial charge on any atom is -0.473 e. The highest BCUT2D eigenvalue weighted by atomic mass is 32.1. The van der Waals surface area contributed by atoms with Gasteiger partial charge in [-0.15, -0.1) is 11.3 Å². The Morgan fingerprint density at radius 3 is 2.82 bits per heavy atom. The molecule has 10 nitrogen and oxygen atoms in total. The molecule has 2 aliphatic heterocycles. The summed E-state index contributed by atoms with van der Waals surface area (Å²) in [4.78, 5) is 15.6. The second-order valence-electron chi connectivity index (χ2n) is 11.2. The van der Waals surface area contributed by atoms with Gasteiger partial charge in [0.05, 0.1) is 11.0 Å². The second-order valence-corrected chi connectivity index (χ2v) is 12.3. The molecule has 0 saturated carbocycles. The Bertz CT molecular complexity index is 1390. The van der Waals surface area contributed by atoms with Crippen molar-refractivity contribution >= 4 is 22.0 Å². The number of hydrogen-bond donors (Lipinski definition) is 2. The van der Waals surface area contributed by atoms with Crippen LogP contribution in [0.3, 0.4) is 0 Å². The number of rotatable bonds is 6. The number of likely N-dealkylation sites (N-methyl/N-ethyl adjacent to an activating group) is 1. The van der Waals surface area contributed by atoms with E-state index in [4.69, 9.17) is 25.0 Å². The summed E-state index contributed by atoms with van der Waals surface area (Å²) in [5.74, 6) is 1.49. The van der Waals surface area contributed by atoms with Gasteiger partial charge >= 0.3 is 0 Å². The molecular formula is C28H36N8O2S. The lowest BCUT2D eigenvalue weighted by Gasteiger charge is -2.31. The third-order valence-corrected chi connectivity index (χ3v) is 9.65. The lowest BCUT2D eigenvalue weighted by atomic mass is 9.72. The molecule has 11 heteroatoms. The Hall–Kier alpha value is -3.20. The van der Waals surface area contributed by atoms with Crippen LogP contribution in [0.2, 0.25) is 0 Å². The first-order valence-electron chi connectivity index (χ1n) is 13.9. The highest BCUT2D eigenvalue weighted by Gasteiger charge is 2.43. The van der Waals surface area contributed by atoms with E-state index in [1.807, 2.05) is 12.1 Å². The van der Waals surface area contributed by atoms with Crippen LogP contribution < -0.4 is 20.7 Å². The van der Waals surface area contributed by atoms with Gasteiger partial charge in [0, 0.05) is 54.4 Å². The van der Waals surface area contributed by atoms with Crippen LogP contribution in [-0.2, 0) is 11.8 Å². The van der Waals surface area contributed by atoms with Crippen molar-refractivity contribution in [1.82, 2.24) is 25.3 Å². The second kappa shape index (κ2) is 10.4. The third kappa shape index (κ3) is 4.75. The van der Waals surface area contributed by atoms with Gasteiger partial charge in [0.2, 0.25) is 17.6 Å². The van der Waals surface area contributed by atoms with E-state index in [2.05, 4.69) is 47.2 Å². The van der Waals surface area contributed by atoms with Crippen LogP contribution in [0, 0.1) is 11.3 Å². The number of aryl methyl sites for hydroxylation is 1. The van der Waals surface area contributed by atoms with E-state index in [1.165, 1.54) is 17.8 Å². The van der Waals surface area contributed by atoms with Crippen molar-refractivity contribution in [3.05, 3.63) is 34.0 Å². The summed E-state index contributed by atoms with van der Waals surface area (Å²) >= 11 is 1.50. The zero-order valence-electron chi connectivity index (χ0n) is 22.9. The van der Waals surface area contributed by atoms with Gasteiger partial charge in [0.1, 0.15) is 22.9 Å². The summed E-state index contributed by atoms with van der Waals surface area (Å²) in [6.07, 6.45) is 4.99. The molecule has 206 valence electrons. The lowest BCUT2D eigenvalue weighted by molar-refractivity contribution is 0.117. The van der Waals surface area contributed by atoms with Crippen molar-refractivity contribution in [3.8, 4) is 23.5 Å². The number of nitrogen functional groups attached to an aromatic ring is 1. The SMILES string of the molecule is C[C@H](Oc1cc(N2CCNCC2)cc(-c2noc([C@@]3(C)CCCc4sc(N)c(C#N)c43)n2)n1)[C@@H]1CCCN1C. The quantitative estimate of drug-likeness (QED) is 0.472. The maximum Gasteiger partial charge on any atom is 0.237 e. The fraction of sp³-hybridized carbons (Fsp3) is 0.571. The Labute approximate surface area is 233 Å². The van der Waals surface area contributed by atoms with E-state index >= 15 is 0 Å². The van der Waals surface area contributed by atoms with Crippen molar-refractivity contribution in [1.29, 1.82) is 5.26 Å². The zero-order chi connectivity index (χ0) is 27.1. The minimum atomic E-state index is -0.574. The van der Waals surface area contributed by atoms with E-state index in [-0.39, 0.29) is 6.10 Å². The third-order valence-electron chi connectivity index (χ3n) is 8.57. The van der Waals surface area contributed by atoms with Crippen molar-refractivity contribution in [2.24, 2.45) is 0 Å². The fourth-order valence-corrected chi connectivity index (χ4v) is 7.62. The number of thiophene rings is 1. The highest BCUT2D eigenvalue weighted by molar-refractivity contribution is 7.16. The molecule has 2 saturated heterocycles. The first-order chi connectivity index (χ1) is 18.9. The number of nitriles is 1. The van der Waals surface area contributed by atoms with Gasteiger partial charge < -0.3 is 25.2 Å². The molecule has 3 aromatic heterocycles. The lowest BCUT2D eigenvalue weighted by Crippen LogP contribution is -2.43. The number of aromatic nitrogens is 3. The van der Waals surface area contributed by atoms with Crippen molar-refractivity contribution in [2.45, 2.75) is 63.5 Å². The van der Waals surface area contributed by atoms with Crippen LogP contribution in [0.4, 0.5) is 10.7 Å². The molecule has 3 aromatic rings. The number of anilines is 2. The molecule has 1 aliphatic carbocycles. The molecule has 3 N–H and O–H groups in total. The van der Waals surface area contributed by atoms with E-state index in [0.717, 1.165) is 74.5 Å². The number of piperazine rings is 1. The highest BCUT2D eigenvalue weighted by Crippen LogP contribution is 2.48. The topological polar surface area (TPSA) is 129 Å². The maximum atomic E-state index is 9.85. The number of likely N-dealkylation sites (tertiary alicyclic amines) is 1. The summed E-state index contributed by atoms with van der Waals surface area (Å²) in [6, 6.07) is 6.73. The predicted octanol–water partition coefficient (Wildman–Crippen LogP) is 3.56. The molecule has 2 fully saturated rings. The number of nitrogens with two attached hydrogens (primary N) is 1. The van der Waals surface area contributed by atoms with Crippen molar-refractivity contribution in [3.63, 3.8) is 0 Å². The monoisotopic (exact) mass is 548 g/mol. The first kappa shape index (κ1) is 26.0. The van der Waals surface area contributed by atoms with E-state index < -0.39 is 5.41 Å². The summed E-state index contributed by atoms with van der Waals surface area (Å²) in [5, 5.41) is 18.2. The summed E-state index contributed by atoms with van der Waals surface area (Å²) in [5.41, 5.74) is 8.78. The van der Waals surface area contributed by atoms with E-state index in [1.54, 1.807) is 0 Å². The number of pyridine rings is 1. The van der Waals surface area contributed by atoms with Gasteiger partial charge in [-0.3, -0.25) is 4.90 Å². The molecule has 0 radical (unpaired) electrons. The zero-order valence-corrected chi connectivity index (χ0v) is 23.7. The van der Waals surface area contributed by atoms with Crippen molar-refractivity contribution in [2.75, 3.05) is 50.4 Å². The number of nitrogens with one attached hydrogen (secondary N) is 1. The molecule has 5 heterocycles. The predicted molar refractivity (Wildman–Crippen MR) is 151 cm³/mol. The Kier molecular flexibility index (Phi) is 6.95. The average molecular weight is 549 g/mol. The largest absolute Gasteiger partial charge is 0.473 e. The number of ether oxygens (including phenoxy) is 1. The molecule has 0 bridgehead atoms. The van der Waals surface area contributed by atoms with Crippen LogP contribution >= 0.6 is 11.3 Å².